The van der Waals surface area contributed by atoms with Crippen LogP contribution in [0.5, 0.6) is 11.5 Å². The molecule has 0 unspecified atom stereocenters. The van der Waals surface area contributed by atoms with E-state index in [0.717, 1.165) is 12.8 Å². The molecule has 1 N–H and O–H groups in total. The fraction of sp³-hybridized carbons (Fsp3) is 0.357. The van der Waals surface area contributed by atoms with E-state index in [9.17, 15) is 9.90 Å². The summed E-state index contributed by atoms with van der Waals surface area (Å²) in [6.45, 7) is 4.01. The first-order chi connectivity index (χ1) is 8.15. The van der Waals surface area contributed by atoms with Gasteiger partial charge in [0.25, 0.3) is 0 Å². The van der Waals surface area contributed by atoms with Crippen molar-refractivity contribution >= 4 is 5.78 Å². The summed E-state index contributed by atoms with van der Waals surface area (Å²) in [6, 6.07) is 4.72. The van der Waals surface area contributed by atoms with E-state index in [0.29, 0.717) is 17.9 Å². The predicted octanol–water partition coefficient (Wildman–Crippen LogP) is 3.33. The van der Waals surface area contributed by atoms with Gasteiger partial charge in [0.15, 0.2) is 5.78 Å². The highest BCUT2D eigenvalue weighted by molar-refractivity contribution is 5.96. The Hall–Kier alpha value is -1.77. The lowest BCUT2D eigenvalue weighted by molar-refractivity contribution is 0.101. The number of ketones is 1. The number of rotatable bonds is 6. The number of benzene rings is 1. The molecular weight excluding hydrogens is 216 g/mol. The monoisotopic (exact) mass is 234 g/mol. The number of hydrogen-bond donors (Lipinski definition) is 1. The van der Waals surface area contributed by atoms with E-state index in [1.807, 2.05) is 6.08 Å². The van der Waals surface area contributed by atoms with Crippen molar-refractivity contribution < 1.29 is 14.6 Å². The summed E-state index contributed by atoms with van der Waals surface area (Å²) in [7, 11) is 0. The highest BCUT2D eigenvalue weighted by atomic mass is 16.5. The molecule has 0 bridgehead atoms. The third-order valence-corrected chi connectivity index (χ3v) is 2.32. The van der Waals surface area contributed by atoms with E-state index < -0.39 is 0 Å². The topological polar surface area (TPSA) is 46.5 Å². The van der Waals surface area contributed by atoms with Crippen LogP contribution in [0.25, 0.3) is 0 Å². The lowest BCUT2D eigenvalue weighted by Crippen LogP contribution is -1.96. The number of ether oxygens (including phenoxy) is 1. The Morgan fingerprint density at radius 1 is 1.41 bits per heavy atom. The zero-order valence-corrected chi connectivity index (χ0v) is 10.3. The lowest BCUT2D eigenvalue weighted by atomic mass is 10.1. The normalized spacial score (nSPS) is 10.7. The molecule has 3 nitrogen and oxygen atoms in total. The van der Waals surface area contributed by atoms with Crippen LogP contribution >= 0.6 is 0 Å². The maximum Gasteiger partial charge on any atom is 0.163 e. The minimum absolute atomic E-state index is 0.0347. The number of unbranched alkanes of at least 4 members (excludes halogenated alkanes) is 1. The van der Waals surface area contributed by atoms with Crippen LogP contribution in [0.15, 0.2) is 30.4 Å². The summed E-state index contributed by atoms with van der Waals surface area (Å²) in [4.78, 5) is 11.1. The molecule has 0 aliphatic heterocycles. The number of carbonyl (C=O) groups excluding carboxylic acids is 1. The molecule has 0 atom stereocenters. The smallest absolute Gasteiger partial charge is 0.163 e. The van der Waals surface area contributed by atoms with E-state index >= 15 is 0 Å². The summed E-state index contributed by atoms with van der Waals surface area (Å²) in [5.41, 5.74) is 0.318. The molecule has 1 aromatic carbocycles. The predicted molar refractivity (Wildman–Crippen MR) is 67.7 cm³/mol. The molecule has 0 saturated heterocycles. The summed E-state index contributed by atoms with van der Waals surface area (Å²) in [5, 5.41) is 9.58. The third-order valence-electron chi connectivity index (χ3n) is 2.32. The van der Waals surface area contributed by atoms with Gasteiger partial charge in [-0.05, 0) is 25.5 Å². The van der Waals surface area contributed by atoms with Crippen molar-refractivity contribution in [3.8, 4) is 11.5 Å². The Labute approximate surface area is 102 Å². The van der Waals surface area contributed by atoms with Crippen molar-refractivity contribution in [2.75, 3.05) is 6.61 Å². The average Bonchev–Trinajstić information content (AvgIpc) is 2.28. The van der Waals surface area contributed by atoms with Crippen molar-refractivity contribution in [1.29, 1.82) is 0 Å². The number of allylic oxidation sites excluding steroid dienone is 1. The van der Waals surface area contributed by atoms with Gasteiger partial charge in [0.2, 0.25) is 0 Å². The highest BCUT2D eigenvalue weighted by Gasteiger charge is 2.06. The Morgan fingerprint density at radius 3 is 2.76 bits per heavy atom. The molecule has 0 aliphatic carbocycles. The van der Waals surface area contributed by atoms with Gasteiger partial charge >= 0.3 is 0 Å². The van der Waals surface area contributed by atoms with Crippen LogP contribution in [0.3, 0.4) is 0 Å². The number of phenols is 1. The zero-order chi connectivity index (χ0) is 12.7. The molecule has 0 spiro atoms. The van der Waals surface area contributed by atoms with Crippen LogP contribution in [0.2, 0.25) is 0 Å². The van der Waals surface area contributed by atoms with Gasteiger partial charge in [-0.15, -0.1) is 0 Å². The molecule has 0 saturated carbocycles. The Balaban J connectivity index is 2.56. The van der Waals surface area contributed by atoms with E-state index in [4.69, 9.17) is 4.74 Å². The first-order valence-corrected chi connectivity index (χ1v) is 5.77. The van der Waals surface area contributed by atoms with Gasteiger partial charge in [0.05, 0.1) is 5.56 Å². The average molecular weight is 234 g/mol. The SMILES string of the molecule is CCC/C=C/COc1ccc(C(C)=O)c(O)c1. The van der Waals surface area contributed by atoms with E-state index in [1.165, 1.54) is 13.0 Å². The molecular formula is C14H18O3. The van der Waals surface area contributed by atoms with Crippen molar-refractivity contribution in [2.45, 2.75) is 26.7 Å². The van der Waals surface area contributed by atoms with E-state index in [-0.39, 0.29) is 11.5 Å². The summed E-state index contributed by atoms with van der Waals surface area (Å²) in [5.74, 6) is 0.373. The number of Topliss-reactive ketones (excluding diaryl/α,β-unsaturated/α-hetero) is 1. The third kappa shape index (κ3) is 4.31. The highest BCUT2D eigenvalue weighted by Crippen LogP contribution is 2.23. The Kier molecular flexibility index (Phi) is 5.27. The van der Waals surface area contributed by atoms with E-state index in [2.05, 4.69) is 13.0 Å². The molecule has 0 aromatic heterocycles. The summed E-state index contributed by atoms with van der Waals surface area (Å²) >= 11 is 0. The molecule has 0 heterocycles. The molecule has 0 radical (unpaired) electrons. The molecule has 1 rings (SSSR count). The second-order valence-electron chi connectivity index (χ2n) is 3.81. The lowest BCUT2D eigenvalue weighted by Gasteiger charge is -2.05. The van der Waals surface area contributed by atoms with Crippen LogP contribution < -0.4 is 4.74 Å². The Bertz CT molecular complexity index is 408. The number of hydrogen-bond acceptors (Lipinski definition) is 3. The fourth-order valence-electron chi connectivity index (χ4n) is 1.40. The molecule has 0 amide bonds. The van der Waals surface area contributed by atoms with Crippen molar-refractivity contribution in [2.24, 2.45) is 0 Å². The number of carbonyl (C=O) groups is 1. The van der Waals surface area contributed by atoms with Crippen molar-refractivity contribution in [3.63, 3.8) is 0 Å². The quantitative estimate of drug-likeness (QED) is 0.606. The van der Waals surface area contributed by atoms with Crippen LogP contribution in [0.4, 0.5) is 0 Å². The van der Waals surface area contributed by atoms with Gasteiger partial charge in [-0.1, -0.05) is 25.5 Å². The van der Waals surface area contributed by atoms with E-state index in [1.54, 1.807) is 12.1 Å². The van der Waals surface area contributed by atoms with Gasteiger partial charge < -0.3 is 9.84 Å². The summed E-state index contributed by atoms with van der Waals surface area (Å²) < 4.78 is 5.41. The molecule has 0 fully saturated rings. The van der Waals surface area contributed by atoms with Gasteiger partial charge in [-0.3, -0.25) is 4.79 Å². The molecule has 3 heteroatoms. The largest absolute Gasteiger partial charge is 0.507 e. The van der Waals surface area contributed by atoms with Crippen LogP contribution in [0, 0.1) is 0 Å². The minimum Gasteiger partial charge on any atom is -0.507 e. The second-order valence-corrected chi connectivity index (χ2v) is 3.81. The summed E-state index contributed by atoms with van der Waals surface area (Å²) in [6.07, 6.45) is 6.16. The molecule has 1 aromatic rings. The molecule has 17 heavy (non-hydrogen) atoms. The first kappa shape index (κ1) is 13.3. The molecule has 92 valence electrons. The maximum absolute atomic E-state index is 11.1. The van der Waals surface area contributed by atoms with Crippen LogP contribution in [-0.4, -0.2) is 17.5 Å². The standard InChI is InChI=1S/C14H18O3/c1-3-4-5-6-9-17-12-7-8-13(11(2)15)14(16)10-12/h5-8,10,16H,3-4,9H2,1-2H3/b6-5+. The van der Waals surface area contributed by atoms with Gasteiger partial charge in [-0.25, -0.2) is 0 Å². The zero-order valence-electron chi connectivity index (χ0n) is 10.3. The Morgan fingerprint density at radius 2 is 2.18 bits per heavy atom. The van der Waals surface area contributed by atoms with Gasteiger partial charge in [0, 0.05) is 6.07 Å². The first-order valence-electron chi connectivity index (χ1n) is 5.77. The van der Waals surface area contributed by atoms with Crippen molar-refractivity contribution in [3.05, 3.63) is 35.9 Å². The minimum atomic E-state index is -0.156. The maximum atomic E-state index is 11.1. The van der Waals surface area contributed by atoms with Crippen LogP contribution in [-0.2, 0) is 0 Å². The second kappa shape index (κ2) is 6.74. The number of aromatic hydroxyl groups is 1. The van der Waals surface area contributed by atoms with Crippen molar-refractivity contribution in [1.82, 2.24) is 0 Å². The molecule has 0 aliphatic rings. The van der Waals surface area contributed by atoms with Gasteiger partial charge in [0.1, 0.15) is 18.1 Å². The van der Waals surface area contributed by atoms with Crippen LogP contribution in [0.1, 0.15) is 37.0 Å². The fourth-order valence-corrected chi connectivity index (χ4v) is 1.40. The number of phenolic OH excluding ortho intramolecular Hbond substituents is 1. The van der Waals surface area contributed by atoms with Gasteiger partial charge in [-0.2, -0.15) is 0 Å².